The van der Waals surface area contributed by atoms with Crippen LogP contribution in [0.25, 0.3) is 11.0 Å². The fourth-order valence-corrected chi connectivity index (χ4v) is 5.08. The maximum Gasteiger partial charge on any atom is 0.287 e. The van der Waals surface area contributed by atoms with Crippen LogP contribution in [0.5, 0.6) is 5.75 Å². The van der Waals surface area contributed by atoms with Gasteiger partial charge in [-0.15, -0.1) is 0 Å². The largest absolute Gasteiger partial charge is 0.487 e. The number of carbonyl (C=O) groups excluding carboxylic acids is 1. The lowest BCUT2D eigenvalue weighted by Crippen LogP contribution is -2.42. The van der Waals surface area contributed by atoms with E-state index in [4.69, 9.17) is 9.15 Å². The van der Waals surface area contributed by atoms with Crippen LogP contribution in [0.1, 0.15) is 71.9 Å². The Bertz CT molecular complexity index is 1080. The molecule has 1 saturated carbocycles. The van der Waals surface area contributed by atoms with Crippen molar-refractivity contribution in [2.24, 2.45) is 0 Å². The first kappa shape index (κ1) is 19.2. The van der Waals surface area contributed by atoms with Gasteiger partial charge in [0.1, 0.15) is 16.9 Å². The second kappa shape index (κ2) is 7.47. The van der Waals surface area contributed by atoms with Crippen molar-refractivity contribution in [1.82, 2.24) is 5.32 Å². The fraction of sp³-hybridized carbons (Fsp3) is 0.400. The summed E-state index contributed by atoms with van der Waals surface area (Å²) in [4.78, 5) is 12.8. The third-order valence-electron chi connectivity index (χ3n) is 6.59. The van der Waals surface area contributed by atoms with Crippen molar-refractivity contribution in [2.75, 3.05) is 0 Å². The van der Waals surface area contributed by atoms with Crippen molar-refractivity contribution >= 4 is 16.9 Å². The number of rotatable bonds is 3. The van der Waals surface area contributed by atoms with Crippen LogP contribution in [0.4, 0.5) is 0 Å². The molecule has 1 aliphatic heterocycles. The number of aryl methyl sites for hydroxylation is 1. The Labute approximate surface area is 176 Å². The van der Waals surface area contributed by atoms with Gasteiger partial charge >= 0.3 is 0 Å². The number of hydrogen-bond donors (Lipinski definition) is 2. The van der Waals surface area contributed by atoms with E-state index in [2.05, 4.69) is 5.32 Å². The van der Waals surface area contributed by atoms with E-state index in [1.807, 2.05) is 49.4 Å². The summed E-state index contributed by atoms with van der Waals surface area (Å²) in [6.07, 6.45) is 5.46. The minimum absolute atomic E-state index is 0.253. The van der Waals surface area contributed by atoms with E-state index in [0.717, 1.165) is 53.5 Å². The number of benzene rings is 2. The fourth-order valence-electron chi connectivity index (χ4n) is 5.08. The van der Waals surface area contributed by atoms with Gasteiger partial charge in [0.2, 0.25) is 0 Å². The maximum absolute atomic E-state index is 12.8. The van der Waals surface area contributed by atoms with Crippen molar-refractivity contribution in [3.8, 4) is 5.75 Å². The third kappa shape index (κ3) is 3.27. The first-order chi connectivity index (χ1) is 14.6. The molecule has 30 heavy (non-hydrogen) atoms. The van der Waals surface area contributed by atoms with Crippen molar-refractivity contribution < 1.29 is 19.1 Å². The summed E-state index contributed by atoms with van der Waals surface area (Å²) in [5, 5.41) is 14.8. The standard InChI is InChI=1S/C25H27NO4/c1-16-21-19(29-23(16)24(28)26-15-17-8-4-2-5-9-17)10-11-20-22(21)18(27)14-25(30-20)12-6-3-7-13-25/h2,4-5,8-11,18,27H,3,6-7,12-15H2,1H3,(H,26,28)/t18-/m1/s1. The van der Waals surface area contributed by atoms with Crippen molar-refractivity contribution in [3.05, 3.63) is 64.9 Å². The van der Waals surface area contributed by atoms with Gasteiger partial charge in [-0.25, -0.2) is 0 Å². The van der Waals surface area contributed by atoms with Crippen LogP contribution in [-0.4, -0.2) is 16.6 Å². The highest BCUT2D eigenvalue weighted by Crippen LogP contribution is 2.49. The number of aliphatic hydroxyl groups is 1. The van der Waals surface area contributed by atoms with Crippen LogP contribution in [-0.2, 0) is 6.54 Å². The molecule has 156 valence electrons. The SMILES string of the molecule is Cc1c(C(=O)NCc2ccccc2)oc2ccc3c(c12)[C@H](O)CC1(CCCCC1)O3. The molecular formula is C25H27NO4. The van der Waals surface area contributed by atoms with Crippen LogP contribution in [0.3, 0.4) is 0 Å². The van der Waals surface area contributed by atoms with E-state index < -0.39 is 6.10 Å². The first-order valence-electron chi connectivity index (χ1n) is 10.8. The first-order valence-corrected chi connectivity index (χ1v) is 10.8. The average Bonchev–Trinajstić information content (AvgIpc) is 3.10. The highest BCUT2D eigenvalue weighted by Gasteiger charge is 2.42. The Kier molecular flexibility index (Phi) is 4.78. The second-order valence-corrected chi connectivity index (χ2v) is 8.64. The van der Waals surface area contributed by atoms with E-state index in [1.165, 1.54) is 6.42 Å². The predicted molar refractivity (Wildman–Crippen MR) is 115 cm³/mol. The Hall–Kier alpha value is -2.79. The van der Waals surface area contributed by atoms with E-state index in [9.17, 15) is 9.90 Å². The zero-order chi connectivity index (χ0) is 20.7. The number of fused-ring (bicyclic) bond motifs is 3. The highest BCUT2D eigenvalue weighted by atomic mass is 16.5. The van der Waals surface area contributed by atoms with Crippen LogP contribution < -0.4 is 10.1 Å². The Morgan fingerprint density at radius 1 is 1.13 bits per heavy atom. The summed E-state index contributed by atoms with van der Waals surface area (Å²) < 4.78 is 12.4. The van der Waals surface area contributed by atoms with Gasteiger partial charge in [0.15, 0.2) is 5.76 Å². The molecule has 0 radical (unpaired) electrons. The number of furan rings is 1. The molecule has 1 amide bonds. The van der Waals surface area contributed by atoms with E-state index in [-0.39, 0.29) is 11.5 Å². The molecule has 1 aliphatic carbocycles. The summed E-state index contributed by atoms with van der Waals surface area (Å²) in [6, 6.07) is 13.5. The molecule has 1 spiro atoms. The number of carbonyl (C=O) groups is 1. The van der Waals surface area contributed by atoms with E-state index in [0.29, 0.717) is 24.3 Å². The molecule has 2 N–H and O–H groups in total. The summed E-state index contributed by atoms with van der Waals surface area (Å²) in [6.45, 7) is 2.31. The number of hydrogen-bond acceptors (Lipinski definition) is 4. The molecule has 0 bridgehead atoms. The van der Waals surface area contributed by atoms with Gasteiger partial charge < -0.3 is 19.6 Å². The molecule has 5 rings (SSSR count). The lowest BCUT2D eigenvalue weighted by Gasteiger charge is -2.43. The lowest BCUT2D eigenvalue weighted by molar-refractivity contribution is -0.0373. The van der Waals surface area contributed by atoms with E-state index >= 15 is 0 Å². The summed E-state index contributed by atoms with van der Waals surface area (Å²) in [5.41, 5.74) is 2.88. The minimum Gasteiger partial charge on any atom is -0.487 e. The van der Waals surface area contributed by atoms with Crippen LogP contribution in [0.15, 0.2) is 46.9 Å². The van der Waals surface area contributed by atoms with Crippen molar-refractivity contribution in [1.29, 1.82) is 0 Å². The van der Waals surface area contributed by atoms with Gasteiger partial charge in [0.05, 0.1) is 6.10 Å². The Balaban J connectivity index is 1.46. The molecule has 3 aromatic rings. The van der Waals surface area contributed by atoms with Gasteiger partial charge in [0.25, 0.3) is 5.91 Å². The third-order valence-corrected chi connectivity index (χ3v) is 6.59. The highest BCUT2D eigenvalue weighted by molar-refractivity contribution is 6.00. The molecule has 2 aromatic carbocycles. The molecule has 1 atom stereocenters. The van der Waals surface area contributed by atoms with Gasteiger partial charge in [-0.05, 0) is 50.3 Å². The van der Waals surface area contributed by atoms with Crippen LogP contribution in [0.2, 0.25) is 0 Å². The monoisotopic (exact) mass is 405 g/mol. The normalized spacial score (nSPS) is 20.0. The van der Waals surface area contributed by atoms with Crippen molar-refractivity contribution in [2.45, 2.75) is 63.7 Å². The Morgan fingerprint density at radius 3 is 2.67 bits per heavy atom. The summed E-state index contributed by atoms with van der Waals surface area (Å²) in [7, 11) is 0. The predicted octanol–water partition coefficient (Wildman–Crippen LogP) is 5.19. The zero-order valence-corrected chi connectivity index (χ0v) is 17.2. The number of nitrogens with one attached hydrogen (secondary N) is 1. The van der Waals surface area contributed by atoms with Gasteiger partial charge in [-0.2, -0.15) is 0 Å². The molecule has 2 aliphatic rings. The molecule has 2 heterocycles. The maximum atomic E-state index is 12.8. The van der Waals surface area contributed by atoms with E-state index in [1.54, 1.807) is 0 Å². The number of ether oxygens (including phenoxy) is 1. The molecule has 0 saturated heterocycles. The van der Waals surface area contributed by atoms with Gasteiger partial charge in [0, 0.05) is 29.5 Å². The quantitative estimate of drug-likeness (QED) is 0.629. The molecule has 5 nitrogen and oxygen atoms in total. The summed E-state index contributed by atoms with van der Waals surface area (Å²) in [5.74, 6) is 0.763. The van der Waals surface area contributed by atoms with Crippen molar-refractivity contribution in [3.63, 3.8) is 0 Å². The second-order valence-electron chi connectivity index (χ2n) is 8.64. The number of amides is 1. The number of aliphatic hydroxyl groups excluding tert-OH is 1. The van der Waals surface area contributed by atoms with Gasteiger partial charge in [-0.3, -0.25) is 4.79 Å². The zero-order valence-electron chi connectivity index (χ0n) is 17.2. The molecule has 1 fully saturated rings. The molecule has 1 aromatic heterocycles. The van der Waals surface area contributed by atoms with Crippen LogP contribution >= 0.6 is 0 Å². The minimum atomic E-state index is -0.618. The molecular weight excluding hydrogens is 378 g/mol. The Morgan fingerprint density at radius 2 is 1.90 bits per heavy atom. The molecule has 0 unspecified atom stereocenters. The smallest absolute Gasteiger partial charge is 0.287 e. The van der Waals surface area contributed by atoms with Gasteiger partial charge in [-0.1, -0.05) is 36.8 Å². The topological polar surface area (TPSA) is 71.7 Å². The molecule has 5 heteroatoms. The summed E-state index contributed by atoms with van der Waals surface area (Å²) >= 11 is 0. The van der Waals surface area contributed by atoms with Crippen LogP contribution in [0, 0.1) is 6.92 Å². The lowest BCUT2D eigenvalue weighted by atomic mass is 9.77. The average molecular weight is 405 g/mol.